The Morgan fingerprint density at radius 3 is 2.78 bits per heavy atom. The summed E-state index contributed by atoms with van der Waals surface area (Å²) in [4.78, 5) is 17.4. The Kier molecular flexibility index (Phi) is 5.18. The molecule has 0 saturated heterocycles. The summed E-state index contributed by atoms with van der Waals surface area (Å²) in [6.45, 7) is 2.69. The molecule has 122 valence electrons. The quantitative estimate of drug-likeness (QED) is 0.811. The van der Waals surface area contributed by atoms with E-state index < -0.39 is 0 Å². The molecule has 1 aliphatic carbocycles. The number of rotatable bonds is 5. The molecule has 1 aliphatic rings. The number of anilines is 2. The van der Waals surface area contributed by atoms with Gasteiger partial charge in [-0.05, 0) is 37.5 Å². The monoisotopic (exact) mass is 349 g/mol. The third-order valence-electron chi connectivity index (χ3n) is 4.30. The number of nitrogens with one attached hydrogen (secondary N) is 2. The SMILES string of the molecule is Cc1c(NCc2cnc(Cl)s2)cccc1NC(=O)C1CCCC1. The zero-order valence-electron chi connectivity index (χ0n) is 13.1. The van der Waals surface area contributed by atoms with Gasteiger partial charge in [-0.3, -0.25) is 4.79 Å². The summed E-state index contributed by atoms with van der Waals surface area (Å²) >= 11 is 7.32. The Morgan fingerprint density at radius 2 is 2.09 bits per heavy atom. The maximum atomic E-state index is 12.3. The van der Waals surface area contributed by atoms with Crippen LogP contribution < -0.4 is 10.6 Å². The molecule has 0 atom stereocenters. The van der Waals surface area contributed by atoms with Crippen LogP contribution in [0.5, 0.6) is 0 Å². The van der Waals surface area contributed by atoms with Gasteiger partial charge in [0.2, 0.25) is 5.91 Å². The standard InChI is InChI=1S/C17H20ClN3OS/c1-11-14(19-9-13-10-20-17(18)23-13)7-4-8-15(11)21-16(22)12-5-2-3-6-12/h4,7-8,10,12,19H,2-3,5-6,9H2,1H3,(H,21,22). The molecule has 1 aromatic carbocycles. The van der Waals surface area contributed by atoms with Crippen LogP contribution in [0.15, 0.2) is 24.4 Å². The predicted octanol–water partition coefficient (Wildman–Crippen LogP) is 4.85. The molecule has 2 aromatic rings. The Hall–Kier alpha value is -1.59. The Morgan fingerprint density at radius 1 is 1.35 bits per heavy atom. The van der Waals surface area contributed by atoms with Gasteiger partial charge in [-0.1, -0.05) is 30.5 Å². The van der Waals surface area contributed by atoms with Gasteiger partial charge in [-0.2, -0.15) is 0 Å². The van der Waals surface area contributed by atoms with Gasteiger partial charge < -0.3 is 10.6 Å². The van der Waals surface area contributed by atoms with Gasteiger partial charge in [0.1, 0.15) is 0 Å². The number of hydrogen-bond acceptors (Lipinski definition) is 4. The summed E-state index contributed by atoms with van der Waals surface area (Å²) < 4.78 is 0.552. The highest BCUT2D eigenvalue weighted by molar-refractivity contribution is 7.15. The molecule has 0 aliphatic heterocycles. The van der Waals surface area contributed by atoms with Crippen molar-refractivity contribution in [1.29, 1.82) is 0 Å². The fourth-order valence-electron chi connectivity index (χ4n) is 2.93. The van der Waals surface area contributed by atoms with Crippen molar-refractivity contribution in [3.05, 3.63) is 39.3 Å². The second-order valence-corrected chi connectivity index (χ2v) is 7.58. The zero-order valence-corrected chi connectivity index (χ0v) is 14.6. The van der Waals surface area contributed by atoms with E-state index in [0.29, 0.717) is 11.0 Å². The smallest absolute Gasteiger partial charge is 0.227 e. The molecule has 6 heteroatoms. The minimum absolute atomic E-state index is 0.150. The third kappa shape index (κ3) is 4.03. The molecule has 0 unspecified atom stereocenters. The first kappa shape index (κ1) is 16.3. The molecule has 2 N–H and O–H groups in total. The number of carbonyl (C=O) groups excluding carboxylic acids is 1. The highest BCUT2D eigenvalue weighted by Crippen LogP contribution is 2.29. The summed E-state index contributed by atoms with van der Waals surface area (Å²) in [5.74, 6) is 0.322. The van der Waals surface area contributed by atoms with E-state index in [9.17, 15) is 4.79 Å². The molecule has 3 rings (SSSR count). The molecule has 1 heterocycles. The molecule has 1 fully saturated rings. The molecule has 23 heavy (non-hydrogen) atoms. The topological polar surface area (TPSA) is 54.0 Å². The predicted molar refractivity (Wildman–Crippen MR) is 96.2 cm³/mol. The van der Waals surface area contributed by atoms with Gasteiger partial charge in [-0.15, -0.1) is 11.3 Å². The van der Waals surface area contributed by atoms with Crippen molar-refractivity contribution in [2.75, 3.05) is 10.6 Å². The number of carbonyl (C=O) groups is 1. The second-order valence-electron chi connectivity index (χ2n) is 5.88. The highest BCUT2D eigenvalue weighted by atomic mass is 35.5. The summed E-state index contributed by atoms with van der Waals surface area (Å²) in [5.41, 5.74) is 2.95. The van der Waals surface area contributed by atoms with E-state index in [0.717, 1.165) is 47.5 Å². The first-order valence-electron chi connectivity index (χ1n) is 7.88. The van der Waals surface area contributed by atoms with E-state index in [-0.39, 0.29) is 11.8 Å². The van der Waals surface area contributed by atoms with Crippen molar-refractivity contribution in [3.8, 4) is 0 Å². The van der Waals surface area contributed by atoms with Crippen LogP contribution in [0.2, 0.25) is 4.47 Å². The van der Waals surface area contributed by atoms with E-state index in [1.54, 1.807) is 6.20 Å². The third-order valence-corrected chi connectivity index (χ3v) is 5.41. The fourth-order valence-corrected chi connectivity index (χ4v) is 3.85. The molecule has 0 radical (unpaired) electrons. The molecule has 1 amide bonds. The van der Waals surface area contributed by atoms with Crippen molar-refractivity contribution < 1.29 is 4.79 Å². The molecule has 1 saturated carbocycles. The number of thiazole rings is 1. The van der Waals surface area contributed by atoms with Crippen LogP contribution in [-0.4, -0.2) is 10.9 Å². The van der Waals surface area contributed by atoms with E-state index in [4.69, 9.17) is 11.6 Å². The lowest BCUT2D eigenvalue weighted by molar-refractivity contribution is -0.119. The van der Waals surface area contributed by atoms with Crippen molar-refractivity contribution in [2.45, 2.75) is 39.2 Å². The van der Waals surface area contributed by atoms with E-state index in [2.05, 4.69) is 15.6 Å². The largest absolute Gasteiger partial charge is 0.380 e. The normalized spacial score (nSPS) is 14.9. The minimum atomic E-state index is 0.150. The first-order valence-corrected chi connectivity index (χ1v) is 9.07. The Labute approximate surface area is 145 Å². The second kappa shape index (κ2) is 7.32. The Balaban J connectivity index is 1.66. The molecule has 4 nitrogen and oxygen atoms in total. The van der Waals surface area contributed by atoms with Gasteiger partial charge in [0.25, 0.3) is 0 Å². The lowest BCUT2D eigenvalue weighted by atomic mass is 10.1. The number of nitrogens with zero attached hydrogens (tertiary/aromatic N) is 1. The van der Waals surface area contributed by atoms with E-state index in [1.807, 2.05) is 25.1 Å². The van der Waals surface area contributed by atoms with Crippen molar-refractivity contribution in [2.24, 2.45) is 5.92 Å². The average Bonchev–Trinajstić information content (AvgIpc) is 3.19. The zero-order chi connectivity index (χ0) is 16.2. The summed E-state index contributed by atoms with van der Waals surface area (Å²) in [5, 5.41) is 6.47. The maximum Gasteiger partial charge on any atom is 0.227 e. The number of hydrogen-bond donors (Lipinski definition) is 2. The molecule has 0 bridgehead atoms. The van der Waals surface area contributed by atoms with Gasteiger partial charge >= 0.3 is 0 Å². The molecule has 1 aromatic heterocycles. The number of amides is 1. The summed E-state index contributed by atoms with van der Waals surface area (Å²) in [6.07, 6.45) is 6.12. The summed E-state index contributed by atoms with van der Waals surface area (Å²) in [7, 11) is 0. The van der Waals surface area contributed by atoms with Gasteiger partial charge in [-0.25, -0.2) is 4.98 Å². The first-order chi connectivity index (χ1) is 11.1. The van der Waals surface area contributed by atoms with Crippen LogP contribution in [0, 0.1) is 12.8 Å². The van der Waals surface area contributed by atoms with Crippen LogP contribution in [0.25, 0.3) is 0 Å². The van der Waals surface area contributed by atoms with Crippen molar-refractivity contribution in [1.82, 2.24) is 4.98 Å². The van der Waals surface area contributed by atoms with Gasteiger partial charge in [0.05, 0.1) is 6.54 Å². The number of benzene rings is 1. The van der Waals surface area contributed by atoms with Crippen LogP contribution in [-0.2, 0) is 11.3 Å². The average molecular weight is 350 g/mol. The van der Waals surface area contributed by atoms with Crippen LogP contribution in [0.1, 0.15) is 36.1 Å². The van der Waals surface area contributed by atoms with E-state index in [1.165, 1.54) is 11.3 Å². The maximum absolute atomic E-state index is 12.3. The van der Waals surface area contributed by atoms with Crippen LogP contribution in [0.3, 0.4) is 0 Å². The number of aromatic nitrogens is 1. The lowest BCUT2D eigenvalue weighted by Crippen LogP contribution is -2.21. The minimum Gasteiger partial charge on any atom is -0.380 e. The molecular weight excluding hydrogens is 330 g/mol. The fraction of sp³-hybridized carbons (Fsp3) is 0.412. The van der Waals surface area contributed by atoms with Crippen LogP contribution in [0.4, 0.5) is 11.4 Å². The summed E-state index contributed by atoms with van der Waals surface area (Å²) in [6, 6.07) is 5.93. The van der Waals surface area contributed by atoms with Crippen LogP contribution >= 0.6 is 22.9 Å². The van der Waals surface area contributed by atoms with E-state index >= 15 is 0 Å². The van der Waals surface area contributed by atoms with Crippen molar-refractivity contribution in [3.63, 3.8) is 0 Å². The molecule has 0 spiro atoms. The van der Waals surface area contributed by atoms with Gasteiger partial charge in [0, 0.05) is 28.4 Å². The van der Waals surface area contributed by atoms with Gasteiger partial charge in [0.15, 0.2) is 4.47 Å². The Bertz CT molecular complexity index is 695. The lowest BCUT2D eigenvalue weighted by Gasteiger charge is -2.15. The van der Waals surface area contributed by atoms with Crippen molar-refractivity contribution >= 4 is 40.2 Å². The number of halogens is 1. The molecular formula is C17H20ClN3OS. The highest BCUT2D eigenvalue weighted by Gasteiger charge is 2.23.